The van der Waals surface area contributed by atoms with Crippen LogP contribution in [0.2, 0.25) is 0 Å². The number of carbonyl (C=O) groups excluding carboxylic acids is 2. The van der Waals surface area contributed by atoms with E-state index in [4.69, 9.17) is 30.5 Å². The molecule has 1 aliphatic heterocycles. The first kappa shape index (κ1) is 26.7. The lowest BCUT2D eigenvalue weighted by Crippen LogP contribution is -2.61. The van der Waals surface area contributed by atoms with Gasteiger partial charge in [0, 0.05) is 20.7 Å². The number of alkyl carbamates (subject to hydrolysis) is 2. The highest BCUT2D eigenvalue weighted by Gasteiger charge is 2.67. The summed E-state index contributed by atoms with van der Waals surface area (Å²) in [5, 5.41) is 16.3. The number of nitrogens with one attached hydrogen (secondary N) is 2. The number of amides is 2. The third-order valence-electron chi connectivity index (χ3n) is 6.26. The summed E-state index contributed by atoms with van der Waals surface area (Å²) in [5.74, 6) is -0.420. The molecule has 2 rings (SSSR count). The minimum Gasteiger partial charge on any atom is -0.450 e. The van der Waals surface area contributed by atoms with Crippen LogP contribution in [0.5, 0.6) is 0 Å². The van der Waals surface area contributed by atoms with Crippen LogP contribution in [0.15, 0.2) is 11.6 Å². The molecule has 0 radical (unpaired) electrons. The van der Waals surface area contributed by atoms with Crippen LogP contribution < -0.4 is 10.6 Å². The molecule has 0 aromatic rings. The first-order chi connectivity index (χ1) is 15.1. The molecule has 0 spiro atoms. The van der Waals surface area contributed by atoms with E-state index in [2.05, 4.69) is 16.7 Å². The minimum atomic E-state index is -1.19. The fraction of sp³-hybridized carbons (Fsp3) is 0.818. The van der Waals surface area contributed by atoms with Crippen LogP contribution in [0.3, 0.4) is 0 Å². The van der Waals surface area contributed by atoms with Crippen molar-refractivity contribution in [2.24, 2.45) is 5.92 Å². The van der Waals surface area contributed by atoms with E-state index in [0.29, 0.717) is 25.8 Å². The van der Waals surface area contributed by atoms with Gasteiger partial charge < -0.3 is 34.7 Å². The number of hydrogen-bond donors (Lipinski definition) is 3. The second-order valence-electron chi connectivity index (χ2n) is 8.87. The molecule has 1 aliphatic carbocycles. The number of allylic oxidation sites excluding steroid dienone is 1. The van der Waals surface area contributed by atoms with E-state index in [9.17, 15) is 14.7 Å². The van der Waals surface area contributed by atoms with Crippen LogP contribution in [-0.4, -0.2) is 80.0 Å². The van der Waals surface area contributed by atoms with Crippen LogP contribution in [0.1, 0.15) is 46.5 Å². The number of hydrogen-bond acceptors (Lipinski definition) is 7. The highest BCUT2D eigenvalue weighted by atomic mass is 35.5. The highest BCUT2D eigenvalue weighted by Crippen LogP contribution is 2.54. The van der Waals surface area contributed by atoms with Gasteiger partial charge in [0.2, 0.25) is 0 Å². The largest absolute Gasteiger partial charge is 0.450 e. The number of rotatable bonds is 10. The van der Waals surface area contributed by atoms with Gasteiger partial charge in [-0.25, -0.2) is 9.59 Å². The third kappa shape index (κ3) is 6.50. The molecule has 10 heteroatoms. The zero-order valence-electron chi connectivity index (χ0n) is 19.6. The molecular formula is C22H37ClN2O7. The van der Waals surface area contributed by atoms with E-state index < -0.39 is 41.5 Å². The molecule has 32 heavy (non-hydrogen) atoms. The van der Waals surface area contributed by atoms with Crippen LogP contribution in [0.25, 0.3) is 0 Å². The van der Waals surface area contributed by atoms with Gasteiger partial charge in [-0.05, 0) is 46.5 Å². The van der Waals surface area contributed by atoms with Crippen LogP contribution >= 0.6 is 11.6 Å². The van der Waals surface area contributed by atoms with Gasteiger partial charge in [0.1, 0.15) is 17.8 Å². The fourth-order valence-electron chi connectivity index (χ4n) is 4.51. The zero-order chi connectivity index (χ0) is 23.9. The Balaban J connectivity index is 1.99. The molecule has 2 amide bonds. The summed E-state index contributed by atoms with van der Waals surface area (Å²) < 4.78 is 22.3. The molecule has 0 bridgehead atoms. The van der Waals surface area contributed by atoms with E-state index in [1.807, 2.05) is 20.8 Å². The number of epoxide rings is 1. The first-order valence-electron chi connectivity index (χ1n) is 11.0. The van der Waals surface area contributed by atoms with Gasteiger partial charge in [-0.15, -0.1) is 11.6 Å². The quantitative estimate of drug-likeness (QED) is 0.192. The van der Waals surface area contributed by atoms with E-state index in [1.54, 1.807) is 7.11 Å². The Labute approximate surface area is 195 Å². The highest BCUT2D eigenvalue weighted by molar-refractivity contribution is 6.18. The number of methoxy groups -OCH3 is 1. The summed E-state index contributed by atoms with van der Waals surface area (Å²) in [7, 11) is 3.02. The van der Waals surface area contributed by atoms with Crippen molar-refractivity contribution in [2.45, 2.75) is 76.0 Å². The average molecular weight is 477 g/mol. The van der Waals surface area contributed by atoms with Crippen LogP contribution in [0.4, 0.5) is 9.59 Å². The summed E-state index contributed by atoms with van der Waals surface area (Å²) in [6.45, 7) is 6.49. The minimum absolute atomic E-state index is 0.0378. The van der Waals surface area contributed by atoms with Crippen molar-refractivity contribution in [3.8, 4) is 0 Å². The number of aliphatic hydroxyl groups is 1. The number of carbonyl (C=O) groups is 2. The summed E-state index contributed by atoms with van der Waals surface area (Å²) in [6, 6.07) is 0. The molecule has 2 aliphatic rings. The standard InChI is InChI=1S/C22H37ClN2O7/c1-14(2)7-8-16-21(3,32-16)18-17(29-5)15(9-10-22(18,28)13-23)31-20(27)25-11-6-12-30-19(26)24-4/h7,15-18,28H,6,8-13H2,1-5H3,(H,24,26)(H,25,27). The Morgan fingerprint density at radius 3 is 2.62 bits per heavy atom. The molecule has 0 aromatic carbocycles. The van der Waals surface area contributed by atoms with Crippen LogP contribution in [-0.2, 0) is 18.9 Å². The van der Waals surface area contributed by atoms with E-state index in [1.165, 1.54) is 12.6 Å². The van der Waals surface area contributed by atoms with Gasteiger partial charge in [-0.2, -0.15) is 0 Å². The molecule has 6 unspecified atom stereocenters. The van der Waals surface area contributed by atoms with Gasteiger partial charge in [0.25, 0.3) is 0 Å². The first-order valence-corrected chi connectivity index (χ1v) is 11.6. The Morgan fingerprint density at radius 2 is 2.03 bits per heavy atom. The monoisotopic (exact) mass is 476 g/mol. The predicted molar refractivity (Wildman–Crippen MR) is 120 cm³/mol. The molecule has 1 saturated carbocycles. The normalized spacial score (nSPS) is 33.7. The SMILES string of the molecule is CNC(=O)OCCCNC(=O)OC1CCC(O)(CCl)C(C2(C)OC2CC=C(C)C)C1OC. The molecule has 1 heterocycles. The Bertz CT molecular complexity index is 687. The van der Waals surface area contributed by atoms with Crippen LogP contribution in [0, 0.1) is 5.92 Å². The van der Waals surface area contributed by atoms with E-state index in [-0.39, 0.29) is 18.6 Å². The molecular weight excluding hydrogens is 440 g/mol. The maximum Gasteiger partial charge on any atom is 0.407 e. The molecule has 9 nitrogen and oxygen atoms in total. The maximum atomic E-state index is 12.3. The van der Waals surface area contributed by atoms with E-state index in [0.717, 1.165) is 6.42 Å². The van der Waals surface area contributed by atoms with Gasteiger partial charge in [0.15, 0.2) is 0 Å². The molecule has 1 saturated heterocycles. The average Bonchev–Trinajstić information content (AvgIpc) is 3.43. The molecule has 3 N–H and O–H groups in total. The lowest BCUT2D eigenvalue weighted by atomic mass is 9.66. The topological polar surface area (TPSA) is 119 Å². The maximum absolute atomic E-state index is 12.3. The van der Waals surface area contributed by atoms with E-state index >= 15 is 0 Å². The zero-order valence-corrected chi connectivity index (χ0v) is 20.4. The summed E-state index contributed by atoms with van der Waals surface area (Å²) in [4.78, 5) is 23.4. The molecule has 184 valence electrons. The third-order valence-corrected chi connectivity index (χ3v) is 6.72. The van der Waals surface area contributed by atoms with Gasteiger partial charge in [0.05, 0.1) is 30.1 Å². The van der Waals surface area contributed by atoms with Crippen molar-refractivity contribution in [1.29, 1.82) is 0 Å². The van der Waals surface area contributed by atoms with Crippen molar-refractivity contribution in [2.75, 3.05) is 33.2 Å². The van der Waals surface area contributed by atoms with Crippen molar-refractivity contribution in [3.63, 3.8) is 0 Å². The summed E-state index contributed by atoms with van der Waals surface area (Å²) >= 11 is 6.20. The number of ether oxygens (including phenoxy) is 4. The second-order valence-corrected chi connectivity index (χ2v) is 9.14. The second kappa shape index (κ2) is 11.5. The lowest BCUT2D eigenvalue weighted by molar-refractivity contribution is -0.170. The Hall–Kier alpha value is -1.55. The van der Waals surface area contributed by atoms with Gasteiger partial charge in [-0.1, -0.05) is 11.6 Å². The predicted octanol–water partition coefficient (Wildman–Crippen LogP) is 2.74. The number of halogens is 1. The molecule has 2 fully saturated rings. The Morgan fingerprint density at radius 1 is 1.31 bits per heavy atom. The molecule has 0 aromatic heterocycles. The van der Waals surface area contributed by atoms with Crippen molar-refractivity contribution in [1.82, 2.24) is 10.6 Å². The molecule has 6 atom stereocenters. The van der Waals surface area contributed by atoms with Gasteiger partial charge in [-0.3, -0.25) is 0 Å². The van der Waals surface area contributed by atoms with Gasteiger partial charge >= 0.3 is 12.2 Å². The lowest BCUT2D eigenvalue weighted by Gasteiger charge is -2.48. The van der Waals surface area contributed by atoms with Crippen molar-refractivity contribution < 1.29 is 33.6 Å². The fourth-order valence-corrected chi connectivity index (χ4v) is 4.81. The summed E-state index contributed by atoms with van der Waals surface area (Å²) in [5.41, 5.74) is -0.628. The summed E-state index contributed by atoms with van der Waals surface area (Å²) in [6.07, 6.45) is 1.77. The van der Waals surface area contributed by atoms with Crippen molar-refractivity contribution in [3.05, 3.63) is 11.6 Å². The van der Waals surface area contributed by atoms with Crippen molar-refractivity contribution >= 4 is 23.8 Å². The number of alkyl halides is 1. The smallest absolute Gasteiger partial charge is 0.407 e. The Kier molecular flexibility index (Phi) is 9.63.